The van der Waals surface area contributed by atoms with Crippen molar-refractivity contribution in [2.75, 3.05) is 0 Å². The highest BCUT2D eigenvalue weighted by atomic mass is 35.5. The van der Waals surface area contributed by atoms with Crippen molar-refractivity contribution in [1.29, 1.82) is 0 Å². The maximum Gasteiger partial charge on any atom is 0.415 e. The number of aryl methyl sites for hydroxylation is 4. The number of benzene rings is 2. The molecule has 0 unspecified atom stereocenters. The smallest absolute Gasteiger partial charge is 0.168 e. The molecule has 8 heteroatoms. The van der Waals surface area contributed by atoms with Gasteiger partial charge in [-0.05, 0) is 72.2 Å². The molecule has 0 fully saturated rings. The highest BCUT2D eigenvalue weighted by Gasteiger charge is 2.68. The van der Waals surface area contributed by atoms with Gasteiger partial charge in [0.05, 0.1) is 0 Å². The highest BCUT2D eigenvalue weighted by molar-refractivity contribution is 6.31. The second kappa shape index (κ2) is 6.05. The Morgan fingerprint density at radius 2 is 0.714 bits per heavy atom. The maximum atomic E-state index is 14.2. The van der Waals surface area contributed by atoms with E-state index in [4.69, 9.17) is 23.2 Å². The molecule has 28 heavy (non-hydrogen) atoms. The quantitative estimate of drug-likeness (QED) is 0.297. The van der Waals surface area contributed by atoms with Crippen LogP contribution in [0.5, 0.6) is 0 Å². The Labute approximate surface area is 168 Å². The molecule has 0 amide bonds. The fourth-order valence-corrected chi connectivity index (χ4v) is 4.30. The van der Waals surface area contributed by atoms with E-state index < -0.39 is 44.4 Å². The van der Waals surface area contributed by atoms with Gasteiger partial charge < -0.3 is 0 Å². The number of fused-ring (bicyclic) bond motifs is 2. The van der Waals surface area contributed by atoms with Crippen molar-refractivity contribution in [2.24, 2.45) is 0 Å². The third-order valence-electron chi connectivity index (χ3n) is 5.53. The zero-order valence-corrected chi connectivity index (χ0v) is 16.8. The molecule has 0 aromatic heterocycles. The molecule has 2 aromatic carbocycles. The van der Waals surface area contributed by atoms with Crippen LogP contribution in [0.15, 0.2) is 24.3 Å². The Hall–Kier alpha value is -1.40. The lowest BCUT2D eigenvalue weighted by Gasteiger charge is -2.45. The van der Waals surface area contributed by atoms with Crippen molar-refractivity contribution >= 4 is 23.2 Å². The standard InChI is InChI=1S/C20H16Cl2F6/c1-9-5-13-14(6-10(9)2)18(22,20(26,27)28)16-8-12(4)11(3)7-15(16)17(13,21)19(23,24)25/h5-8H,1-4H3. The zero-order valence-electron chi connectivity index (χ0n) is 15.3. The van der Waals surface area contributed by atoms with Crippen molar-refractivity contribution in [3.63, 3.8) is 0 Å². The minimum absolute atomic E-state index is 0.390. The van der Waals surface area contributed by atoms with Crippen molar-refractivity contribution in [1.82, 2.24) is 0 Å². The minimum Gasteiger partial charge on any atom is -0.168 e. The predicted octanol–water partition coefficient (Wildman–Crippen LogP) is 7.32. The van der Waals surface area contributed by atoms with Crippen LogP contribution >= 0.6 is 23.2 Å². The first-order valence-electron chi connectivity index (χ1n) is 8.32. The van der Waals surface area contributed by atoms with Gasteiger partial charge in [0, 0.05) is 0 Å². The van der Waals surface area contributed by atoms with E-state index in [1.54, 1.807) is 0 Å². The van der Waals surface area contributed by atoms with Gasteiger partial charge in [-0.15, -0.1) is 0 Å². The van der Waals surface area contributed by atoms with E-state index in [0.717, 1.165) is 24.3 Å². The first kappa shape index (κ1) is 21.3. The molecule has 0 nitrogen and oxygen atoms in total. The molecule has 0 bridgehead atoms. The minimum atomic E-state index is -5.05. The average Bonchev–Trinajstić information content (AvgIpc) is 2.54. The molecular formula is C20H16Cl2F6. The van der Waals surface area contributed by atoms with Crippen LogP contribution in [-0.4, -0.2) is 12.4 Å². The van der Waals surface area contributed by atoms with Crippen molar-refractivity contribution < 1.29 is 26.3 Å². The first-order valence-corrected chi connectivity index (χ1v) is 9.08. The summed E-state index contributed by atoms with van der Waals surface area (Å²) in [5.74, 6) is 0. The van der Waals surface area contributed by atoms with E-state index in [1.807, 2.05) is 0 Å². The van der Waals surface area contributed by atoms with E-state index in [1.165, 1.54) is 27.7 Å². The number of alkyl halides is 8. The van der Waals surface area contributed by atoms with Crippen LogP contribution in [0.2, 0.25) is 0 Å². The van der Waals surface area contributed by atoms with Crippen LogP contribution < -0.4 is 0 Å². The lowest BCUT2D eigenvalue weighted by molar-refractivity contribution is -0.167. The molecule has 0 spiro atoms. The summed E-state index contributed by atoms with van der Waals surface area (Å²) in [5, 5.41) is 0. The van der Waals surface area contributed by atoms with Gasteiger partial charge in [0.25, 0.3) is 0 Å². The summed E-state index contributed by atoms with van der Waals surface area (Å²) < 4.78 is 85.4. The number of rotatable bonds is 0. The lowest BCUT2D eigenvalue weighted by atomic mass is 9.69. The maximum absolute atomic E-state index is 14.2. The van der Waals surface area contributed by atoms with Crippen LogP contribution in [0.3, 0.4) is 0 Å². The van der Waals surface area contributed by atoms with E-state index in [9.17, 15) is 26.3 Å². The van der Waals surface area contributed by atoms with Crippen molar-refractivity contribution in [3.8, 4) is 0 Å². The van der Waals surface area contributed by atoms with Gasteiger partial charge in [-0.3, -0.25) is 0 Å². The normalized spacial score (nSPS) is 24.7. The van der Waals surface area contributed by atoms with E-state index in [2.05, 4.69) is 0 Å². The number of halogens is 8. The van der Waals surface area contributed by atoms with Crippen LogP contribution in [0, 0.1) is 27.7 Å². The largest absolute Gasteiger partial charge is 0.415 e. The number of hydrogen-bond acceptors (Lipinski definition) is 0. The highest BCUT2D eigenvalue weighted by Crippen LogP contribution is 2.64. The van der Waals surface area contributed by atoms with Crippen LogP contribution in [0.25, 0.3) is 0 Å². The van der Waals surface area contributed by atoms with Gasteiger partial charge in [0.2, 0.25) is 0 Å². The third-order valence-corrected chi connectivity index (χ3v) is 6.78. The molecule has 1 aliphatic carbocycles. The SMILES string of the molecule is Cc1cc2c(cc1C)C(Cl)(C(F)(F)F)c1cc(C)c(C)cc1C2(Cl)C(F)(F)F. The molecular weight excluding hydrogens is 425 g/mol. The summed E-state index contributed by atoms with van der Waals surface area (Å²) in [6.45, 7) is 6.07. The average molecular weight is 441 g/mol. The summed E-state index contributed by atoms with van der Waals surface area (Å²) in [7, 11) is 0. The second-order valence-electron chi connectivity index (χ2n) is 7.28. The molecule has 0 atom stereocenters. The van der Waals surface area contributed by atoms with Crippen molar-refractivity contribution in [2.45, 2.75) is 49.8 Å². The lowest BCUT2D eigenvalue weighted by Crippen LogP contribution is -2.50. The van der Waals surface area contributed by atoms with E-state index in [0.29, 0.717) is 22.3 Å². The van der Waals surface area contributed by atoms with Gasteiger partial charge in [-0.1, -0.05) is 47.5 Å². The molecule has 0 heterocycles. The monoisotopic (exact) mass is 440 g/mol. The summed E-state index contributed by atoms with van der Waals surface area (Å²) in [6, 6.07) is 4.25. The second-order valence-corrected chi connectivity index (χ2v) is 8.41. The fraction of sp³-hybridized carbons (Fsp3) is 0.400. The molecule has 0 N–H and O–H groups in total. The van der Waals surface area contributed by atoms with E-state index >= 15 is 0 Å². The molecule has 3 rings (SSSR count). The molecule has 2 aromatic rings. The summed E-state index contributed by atoms with van der Waals surface area (Å²) in [6.07, 6.45) is -10.1. The van der Waals surface area contributed by atoms with E-state index in [-0.39, 0.29) is 0 Å². The fourth-order valence-electron chi connectivity index (χ4n) is 3.67. The first-order chi connectivity index (χ1) is 12.6. The Morgan fingerprint density at radius 1 is 0.536 bits per heavy atom. The van der Waals surface area contributed by atoms with Gasteiger partial charge in [-0.2, -0.15) is 26.3 Å². The zero-order chi connectivity index (χ0) is 21.4. The molecule has 0 aliphatic heterocycles. The van der Waals surface area contributed by atoms with Gasteiger partial charge in [0.1, 0.15) is 0 Å². The summed E-state index contributed by atoms with van der Waals surface area (Å²) >= 11 is 12.4. The Kier molecular flexibility index (Phi) is 4.61. The van der Waals surface area contributed by atoms with Gasteiger partial charge in [0.15, 0.2) is 9.75 Å². The Balaban J connectivity index is 2.61. The van der Waals surface area contributed by atoms with Gasteiger partial charge >= 0.3 is 12.4 Å². The molecule has 0 saturated heterocycles. The molecule has 0 radical (unpaired) electrons. The van der Waals surface area contributed by atoms with Gasteiger partial charge in [-0.25, -0.2) is 0 Å². The Bertz CT molecular complexity index is 835. The van der Waals surface area contributed by atoms with Crippen molar-refractivity contribution in [3.05, 3.63) is 68.8 Å². The summed E-state index contributed by atoms with van der Waals surface area (Å²) in [5.41, 5.74) is -1.19. The van der Waals surface area contributed by atoms with Crippen LogP contribution in [-0.2, 0) is 9.75 Å². The Morgan fingerprint density at radius 3 is 0.857 bits per heavy atom. The van der Waals surface area contributed by atoms with Crippen LogP contribution in [0.4, 0.5) is 26.3 Å². The topological polar surface area (TPSA) is 0 Å². The molecule has 0 saturated carbocycles. The number of hydrogen-bond donors (Lipinski definition) is 0. The van der Waals surface area contributed by atoms with Crippen LogP contribution in [0.1, 0.15) is 44.5 Å². The third kappa shape index (κ3) is 2.60. The molecule has 152 valence electrons. The predicted molar refractivity (Wildman–Crippen MR) is 97.2 cm³/mol. The molecule has 1 aliphatic rings. The summed E-state index contributed by atoms with van der Waals surface area (Å²) in [4.78, 5) is -6.28.